The van der Waals surface area contributed by atoms with Gasteiger partial charge in [0.15, 0.2) is 0 Å². The van der Waals surface area contributed by atoms with E-state index >= 15 is 0 Å². The Bertz CT molecular complexity index is 1340. The van der Waals surface area contributed by atoms with Crippen molar-refractivity contribution in [1.29, 1.82) is 0 Å². The summed E-state index contributed by atoms with van der Waals surface area (Å²) in [5.74, 6) is -3.44. The molecule has 0 spiro atoms. The van der Waals surface area contributed by atoms with Gasteiger partial charge in [-0.15, -0.1) is 0 Å². The van der Waals surface area contributed by atoms with Crippen LogP contribution >= 0.6 is 24.0 Å². The van der Waals surface area contributed by atoms with Crippen LogP contribution in [0.5, 0.6) is 0 Å². The Balaban J connectivity index is 1.56. The Morgan fingerprint density at radius 1 is 1.00 bits per heavy atom. The van der Waals surface area contributed by atoms with E-state index in [-0.39, 0.29) is 28.0 Å². The SMILES string of the molecule is CCOC(=O)c1ccc(NC(=O)CN2C(=O)/C(=C3\SC(=S)N(CC(=O)O)C3=O)c3ccccc32)cc1. The number of para-hydroxylation sites is 1. The number of carboxylic acids is 1. The smallest absolute Gasteiger partial charge is 0.338 e. The summed E-state index contributed by atoms with van der Waals surface area (Å²) in [6.45, 7) is 0.994. The minimum Gasteiger partial charge on any atom is -0.480 e. The number of thiocarbonyl (C=S) groups is 1. The van der Waals surface area contributed by atoms with E-state index in [4.69, 9.17) is 22.1 Å². The first kappa shape index (κ1) is 25.1. The molecule has 0 bridgehead atoms. The van der Waals surface area contributed by atoms with Crippen molar-refractivity contribution in [1.82, 2.24) is 4.90 Å². The molecule has 3 amide bonds. The standard InChI is InChI=1S/C24H19N3O7S2/c1-2-34-23(33)13-7-9-14(10-8-13)25-17(28)11-26-16-6-4-3-5-15(16)19(21(26)31)20-22(32)27(12-18(29)30)24(35)36-20/h3-10H,2,11-12H2,1H3,(H,25,28)(H,29,30)/b20-19-. The molecule has 1 fully saturated rings. The number of amides is 3. The first-order valence-electron chi connectivity index (χ1n) is 10.7. The van der Waals surface area contributed by atoms with E-state index in [9.17, 15) is 24.0 Å². The molecule has 0 unspecified atom stereocenters. The van der Waals surface area contributed by atoms with Gasteiger partial charge in [0.05, 0.1) is 28.3 Å². The van der Waals surface area contributed by atoms with E-state index < -0.39 is 36.2 Å². The van der Waals surface area contributed by atoms with Crippen LogP contribution in [-0.2, 0) is 23.9 Å². The fourth-order valence-electron chi connectivity index (χ4n) is 3.73. The highest BCUT2D eigenvalue weighted by Crippen LogP contribution is 2.44. The number of rotatable bonds is 7. The highest BCUT2D eigenvalue weighted by molar-refractivity contribution is 8.26. The van der Waals surface area contributed by atoms with Gasteiger partial charge in [-0.05, 0) is 37.3 Å². The number of carbonyl (C=O) groups excluding carboxylic acids is 4. The number of ether oxygens (including phenoxy) is 1. The molecule has 0 atom stereocenters. The van der Waals surface area contributed by atoms with Crippen molar-refractivity contribution in [2.45, 2.75) is 6.92 Å². The second-order valence-corrected chi connectivity index (χ2v) is 9.26. The summed E-state index contributed by atoms with van der Waals surface area (Å²) in [7, 11) is 0. The fourth-order valence-corrected chi connectivity index (χ4v) is 5.05. The van der Waals surface area contributed by atoms with Crippen LogP contribution in [0, 0.1) is 0 Å². The summed E-state index contributed by atoms with van der Waals surface area (Å²) < 4.78 is 4.97. The molecule has 1 saturated heterocycles. The van der Waals surface area contributed by atoms with Crippen LogP contribution in [0.15, 0.2) is 53.4 Å². The Morgan fingerprint density at radius 3 is 2.36 bits per heavy atom. The highest BCUT2D eigenvalue weighted by atomic mass is 32.2. The van der Waals surface area contributed by atoms with E-state index in [1.807, 2.05) is 0 Å². The summed E-state index contributed by atoms with van der Waals surface area (Å²) in [4.78, 5) is 64.2. The Hall–Kier alpha value is -4.03. The normalized spacial score (nSPS) is 16.9. The zero-order valence-corrected chi connectivity index (χ0v) is 20.5. The number of aliphatic carboxylic acids is 1. The Labute approximate surface area is 214 Å². The second-order valence-electron chi connectivity index (χ2n) is 7.61. The van der Waals surface area contributed by atoms with Crippen molar-refractivity contribution in [2.75, 3.05) is 29.9 Å². The van der Waals surface area contributed by atoms with E-state index in [1.54, 1.807) is 43.3 Å². The summed E-state index contributed by atoms with van der Waals surface area (Å²) in [5, 5.41) is 11.8. The fraction of sp³-hybridized carbons (Fsp3) is 0.167. The highest BCUT2D eigenvalue weighted by Gasteiger charge is 2.42. The zero-order valence-electron chi connectivity index (χ0n) is 18.8. The van der Waals surface area contributed by atoms with Crippen LogP contribution < -0.4 is 10.2 Å². The molecule has 4 rings (SSSR count). The van der Waals surface area contributed by atoms with Crippen LogP contribution in [0.3, 0.4) is 0 Å². The number of nitrogens with zero attached hydrogens (tertiary/aromatic N) is 2. The van der Waals surface area contributed by atoms with E-state index in [0.29, 0.717) is 22.5 Å². The number of benzene rings is 2. The molecule has 0 aromatic heterocycles. The quantitative estimate of drug-likeness (QED) is 0.318. The van der Waals surface area contributed by atoms with Crippen LogP contribution in [0.25, 0.3) is 5.57 Å². The van der Waals surface area contributed by atoms with Gasteiger partial charge in [0, 0.05) is 11.3 Å². The number of carboxylic acid groups (broad SMARTS) is 1. The van der Waals surface area contributed by atoms with Crippen LogP contribution in [-0.4, -0.2) is 63.7 Å². The summed E-state index contributed by atoms with van der Waals surface area (Å²) in [5.41, 5.74) is 1.72. The van der Waals surface area contributed by atoms with Gasteiger partial charge >= 0.3 is 11.9 Å². The number of anilines is 2. The molecule has 2 aromatic carbocycles. The second kappa shape index (κ2) is 10.3. The number of thioether (sulfide) groups is 1. The molecule has 2 aliphatic rings. The van der Waals surface area contributed by atoms with Crippen molar-refractivity contribution in [3.8, 4) is 0 Å². The molecular weight excluding hydrogens is 506 g/mol. The van der Waals surface area contributed by atoms with Gasteiger partial charge in [-0.3, -0.25) is 29.0 Å². The lowest BCUT2D eigenvalue weighted by molar-refractivity contribution is -0.140. The van der Waals surface area contributed by atoms with Crippen LogP contribution in [0.4, 0.5) is 11.4 Å². The minimum absolute atomic E-state index is 0.0242. The first-order chi connectivity index (χ1) is 17.2. The van der Waals surface area contributed by atoms with Gasteiger partial charge in [-0.25, -0.2) is 4.79 Å². The van der Waals surface area contributed by atoms with Crippen molar-refractivity contribution in [3.63, 3.8) is 0 Å². The molecular formula is C24H19N3O7S2. The Morgan fingerprint density at radius 2 is 1.69 bits per heavy atom. The lowest BCUT2D eigenvalue weighted by Crippen LogP contribution is -2.36. The van der Waals surface area contributed by atoms with Gasteiger partial charge in [0.2, 0.25) is 5.91 Å². The molecule has 10 nitrogen and oxygen atoms in total. The molecule has 2 aliphatic heterocycles. The third kappa shape index (κ3) is 4.86. The topological polar surface area (TPSA) is 133 Å². The molecule has 2 aromatic rings. The lowest BCUT2D eigenvalue weighted by atomic mass is 10.1. The van der Waals surface area contributed by atoms with Gasteiger partial charge in [-0.2, -0.15) is 0 Å². The summed E-state index contributed by atoms with van der Waals surface area (Å²) in [6.07, 6.45) is 0. The molecule has 184 valence electrons. The van der Waals surface area contributed by atoms with Crippen molar-refractivity contribution in [3.05, 3.63) is 64.6 Å². The van der Waals surface area contributed by atoms with Gasteiger partial charge in [-0.1, -0.05) is 42.2 Å². The molecule has 0 saturated carbocycles. The molecule has 36 heavy (non-hydrogen) atoms. The van der Waals surface area contributed by atoms with Gasteiger partial charge < -0.3 is 15.2 Å². The van der Waals surface area contributed by atoms with Crippen molar-refractivity contribution < 1.29 is 33.8 Å². The predicted molar refractivity (Wildman–Crippen MR) is 136 cm³/mol. The van der Waals surface area contributed by atoms with Gasteiger partial charge in [0.25, 0.3) is 11.8 Å². The Kier molecular flexibility index (Phi) is 7.17. The number of esters is 1. The first-order valence-corrected chi connectivity index (χ1v) is 11.9. The summed E-state index contributed by atoms with van der Waals surface area (Å²) >= 11 is 6.01. The number of carbonyl (C=O) groups is 5. The van der Waals surface area contributed by atoms with E-state index in [2.05, 4.69) is 5.32 Å². The lowest BCUT2D eigenvalue weighted by Gasteiger charge is -2.17. The van der Waals surface area contributed by atoms with Crippen LogP contribution in [0.1, 0.15) is 22.8 Å². The average molecular weight is 526 g/mol. The van der Waals surface area contributed by atoms with E-state index in [1.165, 1.54) is 17.0 Å². The monoisotopic (exact) mass is 525 g/mol. The number of fused-ring (bicyclic) bond motifs is 1. The predicted octanol–water partition coefficient (Wildman–Crippen LogP) is 2.50. The zero-order chi connectivity index (χ0) is 26.0. The number of hydrogen-bond donors (Lipinski definition) is 2. The van der Waals surface area contributed by atoms with E-state index in [0.717, 1.165) is 16.7 Å². The maximum Gasteiger partial charge on any atom is 0.338 e. The molecule has 12 heteroatoms. The van der Waals surface area contributed by atoms with Crippen molar-refractivity contribution in [2.24, 2.45) is 0 Å². The molecule has 2 heterocycles. The average Bonchev–Trinajstić information content (AvgIpc) is 3.26. The minimum atomic E-state index is -1.23. The molecule has 0 aliphatic carbocycles. The molecule has 2 N–H and O–H groups in total. The number of nitrogens with one attached hydrogen (secondary N) is 1. The largest absolute Gasteiger partial charge is 0.480 e. The third-order valence-electron chi connectivity index (χ3n) is 5.27. The molecule has 0 radical (unpaired) electrons. The number of hydrogen-bond acceptors (Lipinski definition) is 8. The van der Waals surface area contributed by atoms with Gasteiger partial charge in [0.1, 0.15) is 17.4 Å². The maximum absolute atomic E-state index is 13.4. The van der Waals surface area contributed by atoms with Crippen molar-refractivity contribution >= 4 is 74.9 Å². The third-order valence-corrected chi connectivity index (χ3v) is 6.72. The van der Waals surface area contributed by atoms with Crippen LogP contribution in [0.2, 0.25) is 0 Å². The maximum atomic E-state index is 13.4. The summed E-state index contributed by atoms with van der Waals surface area (Å²) in [6, 6.07) is 12.8.